The number of hydrogen-bond acceptors (Lipinski definition) is 2. The summed E-state index contributed by atoms with van der Waals surface area (Å²) in [5, 5.41) is 9.66. The van der Waals surface area contributed by atoms with Crippen LogP contribution in [-0.4, -0.2) is 14.5 Å². The van der Waals surface area contributed by atoms with Gasteiger partial charge in [-0.1, -0.05) is 6.92 Å². The van der Waals surface area contributed by atoms with Crippen molar-refractivity contribution < 1.29 is 5.11 Å². The molecule has 0 fully saturated rings. The molecule has 0 radical (unpaired) electrons. The molecule has 0 atom stereocenters. The van der Waals surface area contributed by atoms with E-state index in [2.05, 4.69) is 4.98 Å². The number of aryl methyl sites for hydroxylation is 1. The number of hydrogen-bond donors (Lipinski definition) is 1. The van der Waals surface area contributed by atoms with E-state index in [-0.39, 0.29) is 0 Å². The van der Waals surface area contributed by atoms with E-state index in [1.165, 1.54) is 0 Å². The summed E-state index contributed by atoms with van der Waals surface area (Å²) >= 11 is 0. The molecule has 0 aliphatic rings. The minimum Gasteiger partial charge on any atom is -0.504 e. The number of aromatic hydroxyl groups is 1. The summed E-state index contributed by atoms with van der Waals surface area (Å²) in [6, 6.07) is 1.91. The van der Waals surface area contributed by atoms with Gasteiger partial charge in [0, 0.05) is 18.6 Å². The Kier molecular flexibility index (Phi) is 1.50. The van der Waals surface area contributed by atoms with E-state index in [4.69, 9.17) is 0 Å². The first-order valence-electron chi connectivity index (χ1n) is 3.96. The van der Waals surface area contributed by atoms with Gasteiger partial charge < -0.3 is 9.51 Å². The first-order chi connectivity index (χ1) is 5.83. The predicted octanol–water partition coefficient (Wildman–Crippen LogP) is 1.60. The lowest BCUT2D eigenvalue weighted by Gasteiger charge is -2.01. The van der Waals surface area contributed by atoms with Gasteiger partial charge in [-0.25, -0.2) is 4.98 Å². The highest BCUT2D eigenvalue weighted by Gasteiger charge is 2.04. The SMILES string of the molecule is CCc1ccn2ccnc2c1O. The monoisotopic (exact) mass is 162 g/mol. The third-order valence-corrected chi connectivity index (χ3v) is 2.00. The van der Waals surface area contributed by atoms with Gasteiger partial charge in [0.1, 0.15) is 0 Å². The Morgan fingerprint density at radius 1 is 1.50 bits per heavy atom. The molecule has 2 aromatic rings. The molecule has 12 heavy (non-hydrogen) atoms. The Balaban J connectivity index is 2.78. The van der Waals surface area contributed by atoms with E-state index >= 15 is 0 Å². The first-order valence-corrected chi connectivity index (χ1v) is 3.96. The van der Waals surface area contributed by atoms with Crippen LogP contribution in [0.4, 0.5) is 0 Å². The minimum absolute atomic E-state index is 0.296. The predicted molar refractivity (Wildman–Crippen MR) is 46.2 cm³/mol. The summed E-state index contributed by atoms with van der Waals surface area (Å²) in [5.74, 6) is 0.296. The highest BCUT2D eigenvalue weighted by molar-refractivity contribution is 5.56. The molecule has 0 aliphatic heterocycles. The lowest BCUT2D eigenvalue weighted by Crippen LogP contribution is -1.88. The van der Waals surface area contributed by atoms with Crippen molar-refractivity contribution in [3.05, 3.63) is 30.2 Å². The standard InChI is InChI=1S/C9H10N2O/c1-2-7-3-5-11-6-4-10-9(11)8(7)12/h3-6,12H,2H2,1H3. The van der Waals surface area contributed by atoms with E-state index in [9.17, 15) is 5.11 Å². The van der Waals surface area contributed by atoms with Crippen molar-refractivity contribution in [2.75, 3.05) is 0 Å². The van der Waals surface area contributed by atoms with Gasteiger partial charge >= 0.3 is 0 Å². The van der Waals surface area contributed by atoms with Crippen LogP contribution in [0.15, 0.2) is 24.7 Å². The van der Waals surface area contributed by atoms with Crippen LogP contribution in [-0.2, 0) is 6.42 Å². The van der Waals surface area contributed by atoms with E-state index in [1.54, 1.807) is 10.6 Å². The highest BCUT2D eigenvalue weighted by atomic mass is 16.3. The molecular formula is C9H10N2O. The van der Waals surface area contributed by atoms with Crippen LogP contribution in [0.3, 0.4) is 0 Å². The molecule has 1 N–H and O–H groups in total. The van der Waals surface area contributed by atoms with Crippen molar-refractivity contribution in [2.45, 2.75) is 13.3 Å². The Hall–Kier alpha value is -1.51. The average Bonchev–Trinajstić information content (AvgIpc) is 2.53. The normalized spacial score (nSPS) is 10.8. The van der Waals surface area contributed by atoms with Crippen LogP contribution in [0.25, 0.3) is 5.65 Å². The number of imidazole rings is 1. The molecule has 0 spiro atoms. The minimum atomic E-state index is 0.296. The second kappa shape index (κ2) is 2.52. The van der Waals surface area contributed by atoms with Gasteiger partial charge in [0.2, 0.25) is 0 Å². The van der Waals surface area contributed by atoms with Gasteiger partial charge in [0.15, 0.2) is 11.4 Å². The molecule has 3 heteroatoms. The van der Waals surface area contributed by atoms with Crippen molar-refractivity contribution in [1.29, 1.82) is 0 Å². The molecule has 0 saturated heterocycles. The second-order valence-electron chi connectivity index (χ2n) is 2.70. The topological polar surface area (TPSA) is 37.5 Å². The average molecular weight is 162 g/mol. The number of fused-ring (bicyclic) bond motifs is 1. The van der Waals surface area contributed by atoms with Crippen LogP contribution < -0.4 is 0 Å². The fourth-order valence-corrected chi connectivity index (χ4v) is 1.29. The summed E-state index contributed by atoms with van der Waals surface area (Å²) < 4.78 is 1.80. The molecule has 0 saturated carbocycles. The largest absolute Gasteiger partial charge is 0.504 e. The Labute approximate surface area is 70.3 Å². The molecule has 0 amide bonds. The van der Waals surface area contributed by atoms with Gasteiger partial charge in [0.25, 0.3) is 0 Å². The fraction of sp³-hybridized carbons (Fsp3) is 0.222. The molecule has 0 aromatic carbocycles. The summed E-state index contributed by atoms with van der Waals surface area (Å²) in [6.45, 7) is 2.01. The zero-order chi connectivity index (χ0) is 8.55. The smallest absolute Gasteiger partial charge is 0.179 e. The number of aromatic nitrogens is 2. The van der Waals surface area contributed by atoms with Crippen LogP contribution in [0.1, 0.15) is 12.5 Å². The summed E-state index contributed by atoms with van der Waals surface area (Å²) in [4.78, 5) is 4.04. The lowest BCUT2D eigenvalue weighted by molar-refractivity contribution is 0.471. The molecule has 0 unspecified atom stereocenters. The maximum atomic E-state index is 9.66. The van der Waals surface area contributed by atoms with Crippen LogP contribution >= 0.6 is 0 Å². The van der Waals surface area contributed by atoms with Gasteiger partial charge in [-0.2, -0.15) is 0 Å². The van der Waals surface area contributed by atoms with Gasteiger partial charge in [-0.3, -0.25) is 0 Å². The molecule has 0 bridgehead atoms. The quantitative estimate of drug-likeness (QED) is 0.691. The molecule has 3 nitrogen and oxygen atoms in total. The van der Waals surface area contributed by atoms with E-state index < -0.39 is 0 Å². The van der Waals surface area contributed by atoms with Gasteiger partial charge in [0.05, 0.1) is 0 Å². The number of pyridine rings is 1. The number of rotatable bonds is 1. The van der Waals surface area contributed by atoms with Crippen LogP contribution in [0.2, 0.25) is 0 Å². The molecular weight excluding hydrogens is 152 g/mol. The third kappa shape index (κ3) is 0.863. The summed E-state index contributed by atoms with van der Waals surface area (Å²) in [6.07, 6.45) is 6.22. The third-order valence-electron chi connectivity index (χ3n) is 2.00. The van der Waals surface area contributed by atoms with Crippen LogP contribution in [0.5, 0.6) is 5.75 Å². The van der Waals surface area contributed by atoms with Gasteiger partial charge in [-0.05, 0) is 18.1 Å². The Bertz CT molecular complexity index is 406. The Morgan fingerprint density at radius 3 is 3.08 bits per heavy atom. The summed E-state index contributed by atoms with van der Waals surface area (Å²) in [7, 11) is 0. The fourth-order valence-electron chi connectivity index (χ4n) is 1.29. The number of nitrogens with zero attached hydrogens (tertiary/aromatic N) is 2. The van der Waals surface area contributed by atoms with Gasteiger partial charge in [-0.15, -0.1) is 0 Å². The maximum Gasteiger partial charge on any atom is 0.179 e. The Morgan fingerprint density at radius 2 is 2.33 bits per heavy atom. The van der Waals surface area contributed by atoms with E-state index in [1.807, 2.05) is 25.4 Å². The van der Waals surface area contributed by atoms with Crippen molar-refractivity contribution in [3.8, 4) is 5.75 Å². The lowest BCUT2D eigenvalue weighted by atomic mass is 10.2. The zero-order valence-corrected chi connectivity index (χ0v) is 6.86. The van der Waals surface area contributed by atoms with Crippen molar-refractivity contribution in [3.63, 3.8) is 0 Å². The maximum absolute atomic E-state index is 9.66. The van der Waals surface area contributed by atoms with Crippen LogP contribution in [0, 0.1) is 0 Å². The van der Waals surface area contributed by atoms with Crippen molar-refractivity contribution in [2.24, 2.45) is 0 Å². The molecule has 2 heterocycles. The van der Waals surface area contributed by atoms with E-state index in [0.29, 0.717) is 11.4 Å². The van der Waals surface area contributed by atoms with Crippen molar-refractivity contribution >= 4 is 5.65 Å². The second-order valence-corrected chi connectivity index (χ2v) is 2.70. The molecule has 2 aromatic heterocycles. The molecule has 2 rings (SSSR count). The van der Waals surface area contributed by atoms with Crippen molar-refractivity contribution in [1.82, 2.24) is 9.38 Å². The molecule has 0 aliphatic carbocycles. The first kappa shape index (κ1) is 7.16. The zero-order valence-electron chi connectivity index (χ0n) is 6.86. The molecule has 62 valence electrons. The summed E-state index contributed by atoms with van der Waals surface area (Å²) in [5.41, 5.74) is 1.57. The highest BCUT2D eigenvalue weighted by Crippen LogP contribution is 2.21. The van der Waals surface area contributed by atoms with E-state index in [0.717, 1.165) is 12.0 Å².